The van der Waals surface area contributed by atoms with Crippen LogP contribution in [0, 0.1) is 11.8 Å². The minimum Gasteiger partial charge on any atom is -0.504 e. The molecule has 1 N–H and O–H groups in total. The summed E-state index contributed by atoms with van der Waals surface area (Å²) in [5.74, 6) is -0.351. The molecule has 3 aliphatic rings. The molecule has 4 rings (SSSR count). The van der Waals surface area contributed by atoms with Crippen LogP contribution in [0.3, 0.4) is 0 Å². The van der Waals surface area contributed by atoms with Crippen LogP contribution >= 0.6 is 0 Å². The van der Waals surface area contributed by atoms with E-state index in [9.17, 15) is 9.59 Å². The van der Waals surface area contributed by atoms with Crippen LogP contribution in [0.2, 0.25) is 0 Å². The van der Waals surface area contributed by atoms with Gasteiger partial charge in [-0.15, -0.1) is 6.58 Å². The Morgan fingerprint density at radius 3 is 2.86 bits per heavy atom. The van der Waals surface area contributed by atoms with Gasteiger partial charge in [-0.2, -0.15) is 0 Å². The third-order valence-corrected chi connectivity index (χ3v) is 6.67. The first kappa shape index (κ1) is 18.7. The van der Waals surface area contributed by atoms with E-state index >= 15 is 0 Å². The lowest BCUT2D eigenvalue weighted by Gasteiger charge is -2.44. The van der Waals surface area contributed by atoms with E-state index in [4.69, 9.17) is 9.47 Å². The van der Waals surface area contributed by atoms with Gasteiger partial charge in [0.2, 0.25) is 5.91 Å². The highest BCUT2D eigenvalue weighted by atomic mass is 16.5. The molecular formula is C22H26N2O4. The normalized spacial score (nSPS) is 31.9. The predicted octanol–water partition coefficient (Wildman–Crippen LogP) is 2.48. The standard InChI is InChI=1S/C22H26N2O4/c1-4-14-12-24-10-9-22(17-7-5-6-8-18(17)23-21(22)26)19(24)11-15(14)16(13-27-2)20(25)28-3/h4-8,13-15,19H,1,9-12H2,2-3H3,(H,23,26)/b16-13+/t14-,15-,19-,22+/m1/s1. The van der Waals surface area contributed by atoms with Crippen LogP contribution in [-0.4, -0.2) is 50.1 Å². The van der Waals surface area contributed by atoms with Gasteiger partial charge in [-0.3, -0.25) is 9.69 Å². The van der Waals surface area contributed by atoms with Gasteiger partial charge in [-0.05, 0) is 36.9 Å². The van der Waals surface area contributed by atoms with Crippen molar-refractivity contribution in [1.29, 1.82) is 0 Å². The van der Waals surface area contributed by atoms with Crippen LogP contribution < -0.4 is 5.32 Å². The number of carbonyl (C=O) groups excluding carboxylic acids is 2. The molecule has 1 amide bonds. The zero-order valence-electron chi connectivity index (χ0n) is 16.3. The summed E-state index contributed by atoms with van der Waals surface area (Å²) in [5.41, 5.74) is 1.90. The quantitative estimate of drug-likeness (QED) is 0.375. The van der Waals surface area contributed by atoms with E-state index in [0.717, 1.165) is 30.8 Å². The fraction of sp³-hybridized carbons (Fsp3) is 0.455. The van der Waals surface area contributed by atoms with Gasteiger partial charge in [-0.25, -0.2) is 4.79 Å². The molecule has 1 spiro atoms. The second kappa shape index (κ2) is 7.09. The Hall–Kier alpha value is -2.60. The molecule has 0 radical (unpaired) electrons. The summed E-state index contributed by atoms with van der Waals surface area (Å²) in [6, 6.07) is 7.96. The highest BCUT2D eigenvalue weighted by Crippen LogP contribution is 2.52. The van der Waals surface area contributed by atoms with Crippen molar-refractivity contribution >= 4 is 17.6 Å². The van der Waals surface area contributed by atoms with Crippen LogP contribution in [0.4, 0.5) is 5.69 Å². The number of benzene rings is 1. The van der Waals surface area contributed by atoms with Crippen molar-refractivity contribution in [2.24, 2.45) is 11.8 Å². The number of methoxy groups -OCH3 is 2. The lowest BCUT2D eigenvalue weighted by molar-refractivity contribution is -0.137. The number of amides is 1. The lowest BCUT2D eigenvalue weighted by Crippen LogP contribution is -2.53. The molecule has 1 aromatic carbocycles. The number of ether oxygens (including phenoxy) is 2. The summed E-state index contributed by atoms with van der Waals surface area (Å²) >= 11 is 0. The van der Waals surface area contributed by atoms with Gasteiger partial charge in [0.15, 0.2) is 0 Å². The first-order chi connectivity index (χ1) is 13.6. The zero-order valence-corrected chi connectivity index (χ0v) is 16.3. The summed E-state index contributed by atoms with van der Waals surface area (Å²) in [6.45, 7) is 5.60. The van der Waals surface area contributed by atoms with Crippen molar-refractivity contribution in [1.82, 2.24) is 4.90 Å². The molecule has 2 saturated heterocycles. The summed E-state index contributed by atoms with van der Waals surface area (Å²) < 4.78 is 10.2. The second-order valence-electron chi connectivity index (χ2n) is 7.77. The molecule has 2 fully saturated rings. The molecule has 6 heteroatoms. The monoisotopic (exact) mass is 382 g/mol. The van der Waals surface area contributed by atoms with Crippen molar-refractivity contribution in [3.8, 4) is 0 Å². The first-order valence-corrected chi connectivity index (χ1v) is 9.65. The average molecular weight is 382 g/mol. The Bertz CT molecular complexity index is 849. The molecule has 0 aliphatic carbocycles. The van der Waals surface area contributed by atoms with Crippen LogP contribution in [-0.2, 0) is 24.5 Å². The third-order valence-electron chi connectivity index (χ3n) is 6.67. The maximum atomic E-state index is 13.2. The van der Waals surface area contributed by atoms with Crippen molar-refractivity contribution in [3.63, 3.8) is 0 Å². The highest BCUT2D eigenvalue weighted by molar-refractivity contribution is 6.07. The van der Waals surface area contributed by atoms with E-state index in [-0.39, 0.29) is 23.8 Å². The molecular weight excluding hydrogens is 356 g/mol. The van der Waals surface area contributed by atoms with Gasteiger partial charge in [0.25, 0.3) is 0 Å². The summed E-state index contributed by atoms with van der Waals surface area (Å²) in [4.78, 5) is 28.0. The highest BCUT2D eigenvalue weighted by Gasteiger charge is 2.60. The topological polar surface area (TPSA) is 67.9 Å². The summed E-state index contributed by atoms with van der Waals surface area (Å²) in [7, 11) is 2.90. The molecule has 0 unspecified atom stereocenters. The number of para-hydroxylation sites is 1. The largest absolute Gasteiger partial charge is 0.504 e. The van der Waals surface area contributed by atoms with Crippen LogP contribution in [0.25, 0.3) is 0 Å². The van der Waals surface area contributed by atoms with Crippen molar-refractivity contribution in [3.05, 3.63) is 54.3 Å². The Morgan fingerprint density at radius 1 is 1.36 bits per heavy atom. The van der Waals surface area contributed by atoms with Gasteiger partial charge in [-0.1, -0.05) is 24.3 Å². The SMILES string of the molecule is C=C[C@@H]1CN2CC[C@@]3(C(=O)Nc4ccccc43)[C@H]2C[C@H]1/C(=C\OC)C(=O)OC. The number of rotatable bonds is 4. The number of fused-ring (bicyclic) bond motifs is 4. The van der Waals surface area contributed by atoms with Crippen LogP contribution in [0.15, 0.2) is 48.8 Å². The number of hydrogen-bond acceptors (Lipinski definition) is 5. The van der Waals surface area contributed by atoms with E-state index in [1.54, 1.807) is 0 Å². The van der Waals surface area contributed by atoms with E-state index in [0.29, 0.717) is 12.0 Å². The number of anilines is 1. The Labute approximate surface area is 165 Å². The number of hydrogen-bond donors (Lipinski definition) is 1. The molecule has 0 aromatic heterocycles. The zero-order chi connectivity index (χ0) is 19.9. The molecule has 3 heterocycles. The smallest absolute Gasteiger partial charge is 0.337 e. The summed E-state index contributed by atoms with van der Waals surface area (Å²) in [6.07, 6.45) is 4.83. The maximum Gasteiger partial charge on any atom is 0.337 e. The van der Waals surface area contributed by atoms with Gasteiger partial charge in [0, 0.05) is 24.2 Å². The average Bonchev–Trinajstić information content (AvgIpc) is 3.23. The fourth-order valence-electron chi connectivity index (χ4n) is 5.38. The van der Waals surface area contributed by atoms with Crippen molar-refractivity contribution in [2.75, 3.05) is 32.6 Å². The number of esters is 1. The summed E-state index contributed by atoms with van der Waals surface area (Å²) in [5, 5.41) is 3.07. The maximum absolute atomic E-state index is 13.2. The molecule has 148 valence electrons. The minimum atomic E-state index is -0.574. The van der Waals surface area contributed by atoms with Gasteiger partial charge >= 0.3 is 5.97 Å². The minimum absolute atomic E-state index is 0.0160. The lowest BCUT2D eigenvalue weighted by atomic mass is 9.68. The number of piperidine rings is 1. The first-order valence-electron chi connectivity index (χ1n) is 9.65. The molecule has 0 saturated carbocycles. The fourth-order valence-corrected chi connectivity index (χ4v) is 5.38. The van der Waals surface area contributed by atoms with Gasteiger partial charge in [0.05, 0.1) is 31.5 Å². The number of nitrogens with one attached hydrogen (secondary N) is 1. The molecule has 3 aliphatic heterocycles. The van der Waals surface area contributed by atoms with Crippen LogP contribution in [0.1, 0.15) is 18.4 Å². The van der Waals surface area contributed by atoms with Crippen molar-refractivity contribution in [2.45, 2.75) is 24.3 Å². The number of carbonyl (C=O) groups is 2. The molecule has 28 heavy (non-hydrogen) atoms. The van der Waals surface area contributed by atoms with Gasteiger partial charge < -0.3 is 14.8 Å². The molecule has 0 bridgehead atoms. The van der Waals surface area contributed by atoms with E-state index < -0.39 is 11.4 Å². The van der Waals surface area contributed by atoms with Crippen molar-refractivity contribution < 1.29 is 19.1 Å². The molecule has 1 aromatic rings. The van der Waals surface area contributed by atoms with Crippen LogP contribution in [0.5, 0.6) is 0 Å². The Kier molecular flexibility index (Phi) is 4.75. The second-order valence-corrected chi connectivity index (χ2v) is 7.77. The van der Waals surface area contributed by atoms with Gasteiger partial charge in [0.1, 0.15) is 0 Å². The Balaban J connectivity index is 1.75. The molecule has 4 atom stereocenters. The van der Waals surface area contributed by atoms with E-state index in [2.05, 4.69) is 22.9 Å². The van der Waals surface area contributed by atoms with E-state index in [1.807, 2.05) is 24.3 Å². The molecule has 6 nitrogen and oxygen atoms in total. The number of nitrogens with zero attached hydrogens (tertiary/aromatic N) is 1. The Morgan fingerprint density at radius 2 is 2.14 bits per heavy atom. The third kappa shape index (κ3) is 2.58. The predicted molar refractivity (Wildman–Crippen MR) is 106 cm³/mol. The van der Waals surface area contributed by atoms with E-state index in [1.165, 1.54) is 20.5 Å².